The molecule has 0 bridgehead atoms. The van der Waals surface area contributed by atoms with Crippen LogP contribution in [0.2, 0.25) is 0 Å². The van der Waals surface area contributed by atoms with E-state index >= 15 is 0 Å². The van der Waals surface area contributed by atoms with Gasteiger partial charge in [0.25, 0.3) is 0 Å². The summed E-state index contributed by atoms with van der Waals surface area (Å²) in [5.74, 6) is 0.811. The minimum absolute atomic E-state index is 0. The molecule has 0 aliphatic carbocycles. The normalized spacial score (nSPS) is 12.6. The molecule has 4 nitrogen and oxygen atoms in total. The number of aryl methyl sites for hydroxylation is 1. The molecule has 0 N–H and O–H groups in total. The minimum Gasteiger partial charge on any atom is -0.557 e. The zero-order chi connectivity index (χ0) is 42.2. The Labute approximate surface area is 360 Å². The van der Waals surface area contributed by atoms with Crippen LogP contribution in [-0.2, 0) is 30.9 Å². The number of nitrogens with zero attached hydrogens (tertiary/aromatic N) is 3. The Bertz CT molecular complexity index is 2850. The Hall–Kier alpha value is -5.87. The number of imidazole rings is 1. The fourth-order valence-electron chi connectivity index (χ4n) is 7.12. The SMILES string of the molecule is CC(C)(C)c1cc(-c2ccccc2)c(-n2c(-c3[c-]oc4cc(C(C)(C)C)ccc34)nc3ccccc32)c(-c2ccccc2)c1.[2H]C([2H])([2H])c1ccc(-c2[c-]cccc2)nc1.[Ir]. The first kappa shape index (κ1) is 36.5. The smallest absolute Gasteiger partial charge is 0.0774 e. The summed E-state index contributed by atoms with van der Waals surface area (Å²) in [6.07, 6.45) is 4.67. The number of hydrogen-bond donors (Lipinski definition) is 0. The van der Waals surface area contributed by atoms with Gasteiger partial charge in [0, 0.05) is 53.4 Å². The molecule has 3 heterocycles. The minimum atomic E-state index is -2.09. The van der Waals surface area contributed by atoms with E-state index in [0.717, 1.165) is 72.6 Å². The van der Waals surface area contributed by atoms with Crippen LogP contribution in [0.15, 0.2) is 162 Å². The Morgan fingerprint density at radius 3 is 1.88 bits per heavy atom. The molecule has 0 fully saturated rings. The van der Waals surface area contributed by atoms with Gasteiger partial charge < -0.3 is 14.0 Å². The van der Waals surface area contributed by atoms with Gasteiger partial charge >= 0.3 is 0 Å². The van der Waals surface area contributed by atoms with E-state index in [0.29, 0.717) is 0 Å². The first-order valence-corrected chi connectivity index (χ1v) is 19.3. The van der Waals surface area contributed by atoms with Crippen molar-refractivity contribution in [1.82, 2.24) is 14.5 Å². The maximum Gasteiger partial charge on any atom is 0.0774 e. The van der Waals surface area contributed by atoms with Gasteiger partial charge in [-0.3, -0.25) is 4.98 Å². The van der Waals surface area contributed by atoms with Crippen LogP contribution in [0.25, 0.3) is 72.6 Å². The van der Waals surface area contributed by atoms with E-state index < -0.39 is 6.85 Å². The standard InChI is InChI=1S/C41H37N2O.C12H10N.Ir/c1-40(2,3)29-21-22-31-34(26-44-37(31)25-29)39-42-35-19-13-14-20-36(35)43(39)38-32(27-15-9-7-10-16-27)23-30(41(4,5)6)24-33(38)28-17-11-8-12-18-28;1-10-7-8-12(13-9-10)11-5-3-2-4-6-11;/h7-25H,1-6H3;2-5,7-9H,1H3;/q2*-1;/i;1D3;. The van der Waals surface area contributed by atoms with E-state index in [1.165, 1.54) is 17.3 Å². The molecule has 1 radical (unpaired) electrons. The average molecular weight is 937 g/mol. The van der Waals surface area contributed by atoms with Gasteiger partial charge in [0.15, 0.2) is 0 Å². The molecule has 3 aromatic heterocycles. The van der Waals surface area contributed by atoms with Gasteiger partial charge in [0.2, 0.25) is 0 Å². The third-order valence-electron chi connectivity index (χ3n) is 10.3. The molecule has 58 heavy (non-hydrogen) atoms. The molecule has 5 heteroatoms. The summed E-state index contributed by atoms with van der Waals surface area (Å²) in [6.45, 7) is 11.4. The van der Waals surface area contributed by atoms with Crippen molar-refractivity contribution in [1.29, 1.82) is 0 Å². The Morgan fingerprint density at radius 2 is 1.29 bits per heavy atom. The third kappa shape index (κ3) is 8.25. The second kappa shape index (κ2) is 16.5. The first-order valence-electron chi connectivity index (χ1n) is 20.8. The molecule has 0 saturated carbocycles. The number of pyridine rings is 1. The van der Waals surface area contributed by atoms with Gasteiger partial charge in [-0.15, -0.1) is 42.0 Å². The molecular weight excluding hydrogens is 887 g/mol. The van der Waals surface area contributed by atoms with Gasteiger partial charge in [-0.25, -0.2) is 0 Å². The number of aromatic nitrogens is 3. The fraction of sp³-hybridized carbons (Fsp3) is 0.170. The predicted octanol–water partition coefficient (Wildman–Crippen LogP) is 14.0. The van der Waals surface area contributed by atoms with Crippen molar-refractivity contribution < 1.29 is 28.6 Å². The zero-order valence-electron chi connectivity index (χ0n) is 36.6. The van der Waals surface area contributed by atoms with Crippen molar-refractivity contribution in [2.45, 2.75) is 59.2 Å². The van der Waals surface area contributed by atoms with Crippen LogP contribution in [0, 0.1) is 19.2 Å². The van der Waals surface area contributed by atoms with Crippen molar-refractivity contribution in [3.05, 3.63) is 187 Å². The van der Waals surface area contributed by atoms with Crippen LogP contribution < -0.4 is 0 Å². The maximum atomic E-state index is 7.23. The topological polar surface area (TPSA) is 43.9 Å². The van der Waals surface area contributed by atoms with E-state index in [9.17, 15) is 0 Å². The summed E-state index contributed by atoms with van der Waals surface area (Å²) in [4.78, 5) is 9.39. The van der Waals surface area contributed by atoms with Gasteiger partial charge in [-0.05, 0) is 75.5 Å². The Kier molecular flexibility index (Phi) is 10.4. The third-order valence-corrected chi connectivity index (χ3v) is 10.3. The monoisotopic (exact) mass is 937 g/mol. The summed E-state index contributed by atoms with van der Waals surface area (Å²) in [7, 11) is 0. The summed E-state index contributed by atoms with van der Waals surface area (Å²) in [6, 6.07) is 54.8. The summed E-state index contributed by atoms with van der Waals surface area (Å²) in [5.41, 5.74) is 13.7. The van der Waals surface area contributed by atoms with Crippen LogP contribution >= 0.6 is 0 Å². The maximum absolute atomic E-state index is 7.23. The molecule has 0 aliphatic heterocycles. The summed E-state index contributed by atoms with van der Waals surface area (Å²) >= 11 is 0. The molecule has 0 saturated heterocycles. The van der Waals surface area contributed by atoms with Crippen LogP contribution in [-0.4, -0.2) is 14.5 Å². The van der Waals surface area contributed by atoms with E-state index in [4.69, 9.17) is 13.5 Å². The molecule has 9 aromatic rings. The van der Waals surface area contributed by atoms with Crippen LogP contribution in [0.1, 0.15) is 62.3 Å². The number of hydrogen-bond acceptors (Lipinski definition) is 3. The molecule has 0 atom stereocenters. The average Bonchev–Trinajstić information content (AvgIpc) is 3.85. The molecule has 0 unspecified atom stereocenters. The number of fused-ring (bicyclic) bond motifs is 2. The van der Waals surface area contributed by atoms with Gasteiger partial charge in [0.05, 0.1) is 22.5 Å². The van der Waals surface area contributed by atoms with Crippen LogP contribution in [0.3, 0.4) is 0 Å². The van der Waals surface area contributed by atoms with Gasteiger partial charge in [-0.1, -0.05) is 150 Å². The van der Waals surface area contributed by atoms with Crippen molar-refractivity contribution >= 4 is 22.0 Å². The van der Waals surface area contributed by atoms with E-state index in [1.807, 2.05) is 18.2 Å². The molecule has 9 rings (SSSR count). The number of rotatable bonds is 5. The van der Waals surface area contributed by atoms with Crippen molar-refractivity contribution in [2.75, 3.05) is 0 Å². The van der Waals surface area contributed by atoms with Gasteiger partial charge in [0.1, 0.15) is 0 Å². The molecule has 0 amide bonds. The Morgan fingerprint density at radius 1 is 0.655 bits per heavy atom. The quantitative estimate of drug-likeness (QED) is 0.162. The van der Waals surface area contributed by atoms with E-state index in [-0.39, 0.29) is 36.5 Å². The Balaban J connectivity index is 0.000000278. The first-order chi connectivity index (χ1) is 28.7. The summed E-state index contributed by atoms with van der Waals surface area (Å²) < 4.78 is 30.2. The zero-order valence-corrected chi connectivity index (χ0v) is 36.0. The van der Waals surface area contributed by atoms with Crippen LogP contribution in [0.4, 0.5) is 0 Å². The van der Waals surface area contributed by atoms with E-state index in [2.05, 4.69) is 179 Å². The van der Waals surface area contributed by atoms with Crippen molar-refractivity contribution in [3.8, 4) is 50.6 Å². The molecular formula is C53H47IrN3O-2. The second-order valence-electron chi connectivity index (χ2n) is 16.4. The van der Waals surface area contributed by atoms with Crippen LogP contribution in [0.5, 0.6) is 0 Å². The summed E-state index contributed by atoms with van der Waals surface area (Å²) in [5, 5.41) is 1.00. The molecule has 0 aliphatic rings. The molecule has 6 aromatic carbocycles. The molecule has 0 spiro atoms. The molecule has 291 valence electrons. The fourth-order valence-corrected chi connectivity index (χ4v) is 7.12. The van der Waals surface area contributed by atoms with Crippen molar-refractivity contribution in [2.24, 2.45) is 0 Å². The van der Waals surface area contributed by atoms with Gasteiger partial charge in [-0.2, -0.15) is 0 Å². The predicted molar refractivity (Wildman–Crippen MR) is 237 cm³/mol. The number of para-hydroxylation sites is 2. The largest absolute Gasteiger partial charge is 0.557 e. The van der Waals surface area contributed by atoms with Crippen molar-refractivity contribution in [3.63, 3.8) is 0 Å². The number of benzene rings is 6. The number of furan rings is 1. The van der Waals surface area contributed by atoms with E-state index in [1.54, 1.807) is 18.2 Å². The second-order valence-corrected chi connectivity index (χ2v) is 16.4.